The summed E-state index contributed by atoms with van der Waals surface area (Å²) in [5, 5.41) is 9.51. The lowest BCUT2D eigenvalue weighted by Crippen LogP contribution is -2.09. The summed E-state index contributed by atoms with van der Waals surface area (Å²) in [6.07, 6.45) is 1.96. The molecule has 0 radical (unpaired) electrons. The van der Waals surface area contributed by atoms with Crippen molar-refractivity contribution in [3.05, 3.63) is 144 Å². The Balaban J connectivity index is 1.56. The highest BCUT2D eigenvalue weighted by Crippen LogP contribution is 2.46. The van der Waals surface area contributed by atoms with E-state index in [1.165, 1.54) is 0 Å². The molecule has 0 amide bonds. The van der Waals surface area contributed by atoms with Crippen LogP contribution < -0.4 is 4.90 Å². The molecule has 0 aromatic heterocycles. The van der Waals surface area contributed by atoms with Gasteiger partial charge in [-0.2, -0.15) is 0 Å². The normalized spacial score (nSPS) is 13.6. The molecule has 4 heteroatoms. The molecule has 4 aromatic rings. The molecular formula is C30H19N3S. The summed E-state index contributed by atoms with van der Waals surface area (Å²) in [4.78, 5) is 7.75. The highest BCUT2D eigenvalue weighted by Gasteiger charge is 2.20. The second-order valence-corrected chi connectivity index (χ2v) is 8.73. The minimum atomic E-state index is 0.112. The quantitative estimate of drug-likeness (QED) is 0.229. The van der Waals surface area contributed by atoms with Crippen LogP contribution in [-0.4, -0.2) is 0 Å². The predicted molar refractivity (Wildman–Crippen MR) is 141 cm³/mol. The molecule has 0 fully saturated rings. The summed E-state index contributed by atoms with van der Waals surface area (Å²) in [6.45, 7) is 7.45. The van der Waals surface area contributed by atoms with Crippen LogP contribution in [0.15, 0.2) is 126 Å². The molecule has 160 valence electrons. The van der Waals surface area contributed by atoms with E-state index in [0.29, 0.717) is 5.57 Å². The molecule has 0 N–H and O–H groups in total. The van der Waals surface area contributed by atoms with E-state index < -0.39 is 0 Å². The molecule has 34 heavy (non-hydrogen) atoms. The highest BCUT2D eigenvalue weighted by atomic mass is 32.2. The third-order valence-corrected chi connectivity index (χ3v) is 6.73. The number of hydrogen-bond donors (Lipinski definition) is 0. The van der Waals surface area contributed by atoms with Gasteiger partial charge in [0.1, 0.15) is 0 Å². The Kier molecular flexibility index (Phi) is 5.99. The molecule has 0 aliphatic carbocycles. The monoisotopic (exact) mass is 453 g/mol. The number of anilines is 3. The smallest absolute Gasteiger partial charge is 0.269 e. The lowest BCUT2D eigenvalue weighted by molar-refractivity contribution is 1.28. The van der Waals surface area contributed by atoms with Gasteiger partial charge in [0.2, 0.25) is 0 Å². The summed E-state index contributed by atoms with van der Waals surface area (Å²) in [5.74, 6) is 0. The summed E-state index contributed by atoms with van der Waals surface area (Å²) < 4.78 is 0. The molecule has 3 nitrogen and oxygen atoms in total. The van der Waals surface area contributed by atoms with Crippen molar-refractivity contribution in [2.45, 2.75) is 4.90 Å². The van der Waals surface area contributed by atoms with Crippen LogP contribution in [0.5, 0.6) is 0 Å². The average Bonchev–Trinajstić information content (AvgIpc) is 2.91. The molecule has 4 aromatic carbocycles. The molecule has 0 atom stereocenters. The summed E-state index contributed by atoms with van der Waals surface area (Å²) >= 11 is 1.66. The number of fused-ring (bicyclic) bond motifs is 1. The molecule has 0 spiro atoms. The van der Waals surface area contributed by atoms with Crippen molar-refractivity contribution in [1.29, 1.82) is 5.26 Å². The first-order valence-corrected chi connectivity index (χ1v) is 11.6. The molecule has 0 bridgehead atoms. The third kappa shape index (κ3) is 4.11. The number of nitriles is 1. The topological polar surface area (TPSA) is 31.4 Å². The van der Waals surface area contributed by atoms with Crippen LogP contribution in [-0.2, 0) is 0 Å². The van der Waals surface area contributed by atoms with Crippen molar-refractivity contribution < 1.29 is 0 Å². The maximum atomic E-state index is 9.51. The summed E-state index contributed by atoms with van der Waals surface area (Å²) in [5.41, 5.74) is 5.99. The Morgan fingerprint density at radius 2 is 1.29 bits per heavy atom. The van der Waals surface area contributed by atoms with Crippen LogP contribution in [0.1, 0.15) is 11.1 Å². The van der Waals surface area contributed by atoms with Crippen molar-refractivity contribution in [3.8, 4) is 6.07 Å². The molecule has 1 aliphatic rings. The Labute approximate surface area is 203 Å². The van der Waals surface area contributed by atoms with E-state index in [1.54, 1.807) is 11.8 Å². The van der Waals surface area contributed by atoms with Gasteiger partial charge in [-0.25, -0.2) is 10.1 Å². The van der Waals surface area contributed by atoms with E-state index in [-0.39, 0.29) is 5.70 Å². The van der Waals surface area contributed by atoms with Gasteiger partial charge >= 0.3 is 0 Å². The maximum absolute atomic E-state index is 9.51. The Morgan fingerprint density at radius 3 is 1.88 bits per heavy atom. The van der Waals surface area contributed by atoms with Gasteiger partial charge in [-0.05, 0) is 59.7 Å². The zero-order valence-electron chi connectivity index (χ0n) is 18.2. The van der Waals surface area contributed by atoms with Gasteiger partial charge in [-0.3, -0.25) is 0 Å². The zero-order valence-corrected chi connectivity index (χ0v) is 19.0. The summed E-state index contributed by atoms with van der Waals surface area (Å²) in [7, 11) is 0. The lowest BCUT2D eigenvalue weighted by atomic mass is 10.0. The zero-order chi connectivity index (χ0) is 23.3. The fourth-order valence-electron chi connectivity index (χ4n) is 3.99. The van der Waals surface area contributed by atoms with Crippen LogP contribution in [0, 0.1) is 17.9 Å². The number of hydrogen-bond acceptors (Lipinski definition) is 3. The van der Waals surface area contributed by atoms with E-state index in [0.717, 1.165) is 38.0 Å². The second-order valence-electron chi connectivity index (χ2n) is 7.65. The minimum absolute atomic E-state index is 0.112. The van der Waals surface area contributed by atoms with E-state index in [1.807, 2.05) is 66.7 Å². The van der Waals surface area contributed by atoms with Gasteiger partial charge in [-0.15, -0.1) is 0 Å². The molecule has 5 rings (SSSR count). The first-order valence-electron chi connectivity index (χ1n) is 10.8. The Bertz CT molecular complexity index is 1420. The van der Waals surface area contributed by atoms with Gasteiger partial charge in [0.05, 0.1) is 12.6 Å². The molecule has 1 heterocycles. The van der Waals surface area contributed by atoms with Crippen LogP contribution in [0.25, 0.3) is 15.3 Å². The van der Waals surface area contributed by atoms with Crippen LogP contribution in [0.2, 0.25) is 0 Å². The largest absolute Gasteiger partial charge is 0.311 e. The SMILES string of the molecule is [C-]#[N+]C(C#N)=C1C=C(c2ccc(N(c3ccccc3)c3ccccc3)cc2)Sc2ccccc21. The van der Waals surface area contributed by atoms with Gasteiger partial charge in [0, 0.05) is 32.4 Å². The number of thioether (sulfide) groups is 1. The molecule has 0 saturated heterocycles. The fourth-order valence-corrected chi connectivity index (χ4v) is 5.10. The number of benzene rings is 4. The Morgan fingerprint density at radius 1 is 0.735 bits per heavy atom. The van der Waals surface area contributed by atoms with Gasteiger partial charge in [0.15, 0.2) is 0 Å². The van der Waals surface area contributed by atoms with Crippen molar-refractivity contribution in [3.63, 3.8) is 0 Å². The fraction of sp³-hybridized carbons (Fsp3) is 0. The standard InChI is InChI=1S/C30H19N3S/c1-32-28(21-31)27-20-30(34-29-15-9-8-14-26(27)29)22-16-18-25(19-17-22)33(23-10-4-2-5-11-23)24-12-6-3-7-13-24/h2-20H. The van der Waals surface area contributed by atoms with Crippen molar-refractivity contribution >= 4 is 39.3 Å². The highest BCUT2D eigenvalue weighted by molar-refractivity contribution is 8.08. The summed E-state index contributed by atoms with van der Waals surface area (Å²) in [6, 6.07) is 39.0. The second kappa shape index (κ2) is 9.55. The third-order valence-electron chi connectivity index (χ3n) is 5.58. The maximum Gasteiger partial charge on any atom is 0.269 e. The molecule has 1 aliphatic heterocycles. The van der Waals surface area contributed by atoms with Crippen LogP contribution >= 0.6 is 11.8 Å². The lowest BCUT2D eigenvalue weighted by Gasteiger charge is -2.26. The predicted octanol–water partition coefficient (Wildman–Crippen LogP) is 8.46. The van der Waals surface area contributed by atoms with Gasteiger partial charge in [0.25, 0.3) is 5.70 Å². The number of allylic oxidation sites excluding steroid dienone is 3. The van der Waals surface area contributed by atoms with E-state index in [2.05, 4.69) is 64.3 Å². The van der Waals surface area contributed by atoms with E-state index in [9.17, 15) is 5.26 Å². The van der Waals surface area contributed by atoms with E-state index in [4.69, 9.17) is 6.57 Å². The minimum Gasteiger partial charge on any atom is -0.311 e. The molecular weight excluding hydrogens is 434 g/mol. The van der Waals surface area contributed by atoms with Crippen molar-refractivity contribution in [2.24, 2.45) is 0 Å². The van der Waals surface area contributed by atoms with Gasteiger partial charge < -0.3 is 4.90 Å². The van der Waals surface area contributed by atoms with Crippen molar-refractivity contribution in [1.82, 2.24) is 0 Å². The number of nitrogens with zero attached hydrogens (tertiary/aromatic N) is 3. The van der Waals surface area contributed by atoms with Gasteiger partial charge in [-0.1, -0.05) is 78.5 Å². The van der Waals surface area contributed by atoms with Crippen molar-refractivity contribution in [2.75, 3.05) is 4.90 Å². The molecule has 0 saturated carbocycles. The molecule has 0 unspecified atom stereocenters. The van der Waals surface area contributed by atoms with Crippen LogP contribution in [0.3, 0.4) is 0 Å². The Hall–Kier alpha value is -4.51. The first-order chi connectivity index (χ1) is 16.8. The number of rotatable bonds is 4. The number of para-hydroxylation sites is 2. The average molecular weight is 454 g/mol. The van der Waals surface area contributed by atoms with E-state index >= 15 is 0 Å². The first kappa shape index (κ1) is 21.3. The van der Waals surface area contributed by atoms with Crippen LogP contribution in [0.4, 0.5) is 17.1 Å².